The molecule has 0 radical (unpaired) electrons. The summed E-state index contributed by atoms with van der Waals surface area (Å²) in [6.45, 7) is 9.00. The average molecular weight is 256 g/mol. The smallest absolute Gasteiger partial charge is 0.123 e. The minimum atomic E-state index is 0.530. The molecule has 0 fully saturated rings. The summed E-state index contributed by atoms with van der Waals surface area (Å²) in [5.74, 6) is 1.47. The number of nitrogens with one attached hydrogen (secondary N) is 1. The second-order valence-corrected chi connectivity index (χ2v) is 5.07. The lowest BCUT2D eigenvalue weighted by Crippen LogP contribution is -2.15. The highest BCUT2D eigenvalue weighted by atomic mass is 35.5. The van der Waals surface area contributed by atoms with Crippen LogP contribution in [0.3, 0.4) is 0 Å². The third-order valence-corrected chi connectivity index (χ3v) is 2.57. The van der Waals surface area contributed by atoms with Crippen LogP contribution in [0.4, 0.5) is 0 Å². The minimum absolute atomic E-state index is 0.530. The normalized spacial score (nSPS) is 10.9. The lowest BCUT2D eigenvalue weighted by atomic mass is 10.2. The largest absolute Gasteiger partial charge is 0.493 e. The average Bonchev–Trinajstić information content (AvgIpc) is 2.28. The van der Waals surface area contributed by atoms with Crippen LogP contribution in [0.2, 0.25) is 5.02 Å². The third kappa shape index (κ3) is 5.42. The van der Waals surface area contributed by atoms with Crippen LogP contribution in [-0.4, -0.2) is 13.2 Å². The van der Waals surface area contributed by atoms with Gasteiger partial charge in [-0.15, -0.1) is 0 Å². The summed E-state index contributed by atoms with van der Waals surface area (Å²) in [7, 11) is 0. The van der Waals surface area contributed by atoms with E-state index in [1.54, 1.807) is 0 Å². The molecule has 0 aromatic heterocycles. The Bertz CT molecular complexity index is 339. The lowest BCUT2D eigenvalue weighted by Gasteiger charge is -2.14. The van der Waals surface area contributed by atoms with Gasteiger partial charge in [-0.25, -0.2) is 0 Å². The summed E-state index contributed by atoms with van der Waals surface area (Å²) in [4.78, 5) is 0. The van der Waals surface area contributed by atoms with Crippen molar-refractivity contribution in [1.82, 2.24) is 5.32 Å². The van der Waals surface area contributed by atoms with Crippen molar-refractivity contribution in [3.63, 3.8) is 0 Å². The molecular weight excluding hydrogens is 234 g/mol. The van der Waals surface area contributed by atoms with E-state index in [1.165, 1.54) is 0 Å². The molecule has 2 nitrogen and oxygen atoms in total. The zero-order chi connectivity index (χ0) is 12.7. The van der Waals surface area contributed by atoms with Crippen molar-refractivity contribution < 1.29 is 4.74 Å². The van der Waals surface area contributed by atoms with E-state index in [-0.39, 0.29) is 0 Å². The van der Waals surface area contributed by atoms with Crippen LogP contribution >= 0.6 is 11.6 Å². The Morgan fingerprint density at radius 1 is 1.35 bits per heavy atom. The number of halogens is 1. The maximum Gasteiger partial charge on any atom is 0.123 e. The highest BCUT2D eigenvalue weighted by Crippen LogP contribution is 2.23. The molecule has 1 N–H and O–H groups in total. The SMILES string of the molecule is CCCNCc1cc(Cl)ccc1OCC(C)C. The van der Waals surface area contributed by atoms with Gasteiger partial charge in [0.2, 0.25) is 0 Å². The molecule has 0 aliphatic heterocycles. The lowest BCUT2D eigenvalue weighted by molar-refractivity contribution is 0.268. The van der Waals surface area contributed by atoms with E-state index in [0.29, 0.717) is 5.92 Å². The Hall–Kier alpha value is -0.730. The third-order valence-electron chi connectivity index (χ3n) is 2.34. The van der Waals surface area contributed by atoms with Gasteiger partial charge >= 0.3 is 0 Å². The quantitative estimate of drug-likeness (QED) is 0.747. The van der Waals surface area contributed by atoms with Crippen molar-refractivity contribution in [2.45, 2.75) is 33.7 Å². The summed E-state index contributed by atoms with van der Waals surface area (Å²) in [5, 5.41) is 4.13. The van der Waals surface area contributed by atoms with E-state index < -0.39 is 0 Å². The Morgan fingerprint density at radius 2 is 2.12 bits per heavy atom. The van der Waals surface area contributed by atoms with Gasteiger partial charge in [-0.3, -0.25) is 0 Å². The summed E-state index contributed by atoms with van der Waals surface area (Å²) < 4.78 is 5.79. The van der Waals surface area contributed by atoms with Gasteiger partial charge in [-0.2, -0.15) is 0 Å². The van der Waals surface area contributed by atoms with Crippen molar-refractivity contribution in [2.75, 3.05) is 13.2 Å². The highest BCUT2D eigenvalue weighted by Gasteiger charge is 2.05. The molecule has 17 heavy (non-hydrogen) atoms. The summed E-state index contributed by atoms with van der Waals surface area (Å²) in [6.07, 6.45) is 1.13. The molecule has 0 saturated carbocycles. The minimum Gasteiger partial charge on any atom is -0.493 e. The van der Waals surface area contributed by atoms with Crippen molar-refractivity contribution in [1.29, 1.82) is 0 Å². The fourth-order valence-electron chi connectivity index (χ4n) is 1.48. The van der Waals surface area contributed by atoms with E-state index in [1.807, 2.05) is 18.2 Å². The van der Waals surface area contributed by atoms with Gasteiger partial charge < -0.3 is 10.1 Å². The zero-order valence-corrected chi connectivity index (χ0v) is 11.7. The first-order valence-corrected chi connectivity index (χ1v) is 6.63. The number of rotatable bonds is 7. The van der Waals surface area contributed by atoms with Crippen LogP contribution in [0.25, 0.3) is 0 Å². The standard InChI is InChI=1S/C14H22ClNO/c1-4-7-16-9-12-8-13(15)5-6-14(12)17-10-11(2)3/h5-6,8,11,16H,4,7,9-10H2,1-3H3. The molecule has 1 rings (SSSR count). The number of ether oxygens (including phenoxy) is 1. The van der Waals surface area contributed by atoms with Crippen LogP contribution in [0, 0.1) is 5.92 Å². The van der Waals surface area contributed by atoms with Crippen molar-refractivity contribution >= 4 is 11.6 Å². The van der Waals surface area contributed by atoms with Gasteiger partial charge in [0.05, 0.1) is 6.61 Å². The van der Waals surface area contributed by atoms with Gasteiger partial charge in [-0.05, 0) is 37.1 Å². The second-order valence-electron chi connectivity index (χ2n) is 4.63. The molecule has 0 spiro atoms. The summed E-state index contributed by atoms with van der Waals surface area (Å²) in [5.41, 5.74) is 1.13. The Morgan fingerprint density at radius 3 is 2.76 bits per heavy atom. The maximum absolute atomic E-state index is 6.01. The predicted octanol–water partition coefficient (Wildman–Crippen LogP) is 3.87. The first-order valence-electron chi connectivity index (χ1n) is 6.25. The van der Waals surface area contributed by atoms with E-state index in [2.05, 4.69) is 26.1 Å². The molecule has 1 aromatic carbocycles. The maximum atomic E-state index is 6.01. The van der Waals surface area contributed by atoms with E-state index >= 15 is 0 Å². The van der Waals surface area contributed by atoms with Crippen LogP contribution in [0.15, 0.2) is 18.2 Å². The monoisotopic (exact) mass is 255 g/mol. The van der Waals surface area contributed by atoms with Gasteiger partial charge in [0, 0.05) is 17.1 Å². The molecule has 96 valence electrons. The molecule has 0 unspecified atom stereocenters. The van der Waals surface area contributed by atoms with Gasteiger partial charge in [0.1, 0.15) is 5.75 Å². The van der Waals surface area contributed by atoms with E-state index in [0.717, 1.165) is 42.5 Å². The number of hydrogen-bond donors (Lipinski definition) is 1. The van der Waals surface area contributed by atoms with Crippen LogP contribution in [0.5, 0.6) is 5.75 Å². The van der Waals surface area contributed by atoms with Gasteiger partial charge in [0.15, 0.2) is 0 Å². The number of hydrogen-bond acceptors (Lipinski definition) is 2. The Kier molecular flexibility index (Phi) is 6.38. The molecular formula is C14H22ClNO. The van der Waals surface area contributed by atoms with Gasteiger partial charge in [0.25, 0.3) is 0 Å². The molecule has 0 aliphatic carbocycles. The molecule has 0 heterocycles. The fourth-order valence-corrected chi connectivity index (χ4v) is 1.68. The van der Waals surface area contributed by atoms with Crippen LogP contribution in [-0.2, 0) is 6.54 Å². The van der Waals surface area contributed by atoms with E-state index in [4.69, 9.17) is 16.3 Å². The highest BCUT2D eigenvalue weighted by molar-refractivity contribution is 6.30. The topological polar surface area (TPSA) is 21.3 Å². The predicted molar refractivity (Wildman–Crippen MR) is 73.8 cm³/mol. The first kappa shape index (κ1) is 14.3. The zero-order valence-electron chi connectivity index (χ0n) is 10.9. The number of benzene rings is 1. The molecule has 1 aromatic rings. The molecule has 0 atom stereocenters. The summed E-state index contributed by atoms with van der Waals surface area (Å²) in [6, 6.07) is 5.80. The van der Waals surface area contributed by atoms with Gasteiger partial charge in [-0.1, -0.05) is 32.4 Å². The van der Waals surface area contributed by atoms with Crippen molar-refractivity contribution in [2.24, 2.45) is 5.92 Å². The van der Waals surface area contributed by atoms with Crippen molar-refractivity contribution in [3.05, 3.63) is 28.8 Å². The molecule has 0 aliphatic rings. The molecule has 3 heteroatoms. The van der Waals surface area contributed by atoms with Crippen LogP contribution < -0.4 is 10.1 Å². The summed E-state index contributed by atoms with van der Waals surface area (Å²) >= 11 is 6.01. The van der Waals surface area contributed by atoms with E-state index in [9.17, 15) is 0 Å². The Labute approximate surface area is 109 Å². The van der Waals surface area contributed by atoms with Crippen LogP contribution in [0.1, 0.15) is 32.8 Å². The Balaban J connectivity index is 2.66. The molecule has 0 amide bonds. The fraction of sp³-hybridized carbons (Fsp3) is 0.571. The molecule has 0 saturated heterocycles. The molecule has 0 bridgehead atoms. The second kappa shape index (κ2) is 7.57. The first-order chi connectivity index (χ1) is 8.13. The van der Waals surface area contributed by atoms with Crippen molar-refractivity contribution in [3.8, 4) is 5.75 Å².